The molecule has 0 aliphatic heterocycles. The molecule has 5 nitrogen and oxygen atoms in total. The number of carbonyl (C=O) groups is 1. The van der Waals surface area contributed by atoms with Crippen molar-refractivity contribution in [2.24, 2.45) is 0 Å². The van der Waals surface area contributed by atoms with E-state index in [4.69, 9.17) is 26.2 Å². The van der Waals surface area contributed by atoms with Crippen molar-refractivity contribution in [1.29, 1.82) is 0 Å². The zero-order chi connectivity index (χ0) is 18.2. The molecule has 0 heterocycles. The van der Waals surface area contributed by atoms with E-state index in [1.165, 1.54) is 5.56 Å². The SMILES string of the molecule is CCOc1cc(CNCC(=O)O)c(Cl)cc1OCc1ccc(C)cc1. The number of nitrogens with one attached hydrogen (secondary N) is 1. The molecule has 0 aliphatic carbocycles. The summed E-state index contributed by atoms with van der Waals surface area (Å²) >= 11 is 6.30. The molecule has 0 radical (unpaired) electrons. The van der Waals surface area contributed by atoms with Crippen molar-refractivity contribution in [3.63, 3.8) is 0 Å². The maximum Gasteiger partial charge on any atom is 0.317 e. The van der Waals surface area contributed by atoms with Crippen LogP contribution in [0, 0.1) is 6.92 Å². The number of carboxylic acids is 1. The third kappa shape index (κ3) is 5.96. The first-order valence-corrected chi connectivity index (χ1v) is 8.43. The van der Waals surface area contributed by atoms with Crippen LogP contribution in [0.25, 0.3) is 0 Å². The molecule has 0 saturated carbocycles. The molecule has 2 aromatic carbocycles. The number of aliphatic carboxylic acids is 1. The minimum absolute atomic E-state index is 0.133. The standard InChI is InChI=1S/C19H22ClNO4/c1-3-24-17-8-15(10-21-11-19(22)23)16(20)9-18(17)25-12-14-6-4-13(2)5-7-14/h4-9,21H,3,10-12H2,1-2H3,(H,22,23). The number of rotatable bonds is 9. The van der Waals surface area contributed by atoms with Gasteiger partial charge in [0.25, 0.3) is 0 Å². The van der Waals surface area contributed by atoms with Gasteiger partial charge in [-0.1, -0.05) is 41.4 Å². The molecule has 0 bridgehead atoms. The van der Waals surface area contributed by atoms with Crippen LogP contribution in [-0.2, 0) is 17.9 Å². The van der Waals surface area contributed by atoms with Crippen LogP contribution in [0.5, 0.6) is 11.5 Å². The second-order valence-corrected chi connectivity index (χ2v) is 6.00. The van der Waals surface area contributed by atoms with Crippen molar-refractivity contribution in [1.82, 2.24) is 5.32 Å². The van der Waals surface area contributed by atoms with Gasteiger partial charge in [0.2, 0.25) is 0 Å². The van der Waals surface area contributed by atoms with E-state index in [0.29, 0.717) is 36.3 Å². The first kappa shape index (κ1) is 19.1. The first-order chi connectivity index (χ1) is 12.0. The highest BCUT2D eigenvalue weighted by atomic mass is 35.5. The van der Waals surface area contributed by atoms with Gasteiger partial charge in [0.15, 0.2) is 11.5 Å². The Hall–Kier alpha value is -2.24. The smallest absolute Gasteiger partial charge is 0.317 e. The zero-order valence-electron chi connectivity index (χ0n) is 14.3. The van der Waals surface area contributed by atoms with Crippen LogP contribution >= 0.6 is 11.6 Å². The molecule has 0 saturated heterocycles. The number of benzene rings is 2. The van der Waals surface area contributed by atoms with Gasteiger partial charge in [-0.2, -0.15) is 0 Å². The number of ether oxygens (including phenoxy) is 2. The maximum atomic E-state index is 10.6. The van der Waals surface area contributed by atoms with Gasteiger partial charge in [0, 0.05) is 17.6 Å². The Labute approximate surface area is 152 Å². The Kier molecular flexibility index (Phi) is 7.10. The van der Waals surface area contributed by atoms with Crippen molar-refractivity contribution < 1.29 is 19.4 Å². The quantitative estimate of drug-likeness (QED) is 0.709. The molecule has 0 unspecified atom stereocenters. The zero-order valence-corrected chi connectivity index (χ0v) is 15.1. The maximum absolute atomic E-state index is 10.6. The third-order valence-corrected chi connectivity index (χ3v) is 3.87. The van der Waals surface area contributed by atoms with Gasteiger partial charge in [-0.05, 0) is 31.0 Å². The number of halogens is 1. The molecule has 0 aliphatic rings. The number of carboxylic acid groups (broad SMARTS) is 1. The summed E-state index contributed by atoms with van der Waals surface area (Å²) in [6, 6.07) is 11.6. The average molecular weight is 364 g/mol. The fourth-order valence-electron chi connectivity index (χ4n) is 2.24. The Balaban J connectivity index is 2.11. The largest absolute Gasteiger partial charge is 0.490 e. The molecule has 6 heteroatoms. The molecular weight excluding hydrogens is 342 g/mol. The van der Waals surface area contributed by atoms with Crippen molar-refractivity contribution >= 4 is 17.6 Å². The Morgan fingerprint density at radius 1 is 1.16 bits per heavy atom. The average Bonchev–Trinajstić information content (AvgIpc) is 2.57. The van der Waals surface area contributed by atoms with Gasteiger partial charge < -0.3 is 19.9 Å². The Morgan fingerprint density at radius 3 is 2.48 bits per heavy atom. The molecule has 0 amide bonds. The van der Waals surface area contributed by atoms with E-state index in [0.717, 1.165) is 11.1 Å². The minimum atomic E-state index is -0.917. The highest BCUT2D eigenvalue weighted by Gasteiger charge is 2.12. The Bertz CT molecular complexity index is 716. The lowest BCUT2D eigenvalue weighted by Crippen LogP contribution is -2.22. The van der Waals surface area contributed by atoms with Gasteiger partial charge in [0.1, 0.15) is 6.61 Å². The predicted molar refractivity (Wildman–Crippen MR) is 97.5 cm³/mol. The van der Waals surface area contributed by atoms with Gasteiger partial charge in [-0.3, -0.25) is 4.79 Å². The summed E-state index contributed by atoms with van der Waals surface area (Å²) in [4.78, 5) is 10.6. The van der Waals surface area contributed by atoms with E-state index < -0.39 is 5.97 Å². The van der Waals surface area contributed by atoms with Crippen molar-refractivity contribution in [3.05, 3.63) is 58.1 Å². The van der Waals surface area contributed by atoms with Crippen LogP contribution in [0.2, 0.25) is 5.02 Å². The van der Waals surface area contributed by atoms with E-state index in [2.05, 4.69) is 5.32 Å². The van der Waals surface area contributed by atoms with Gasteiger partial charge in [-0.15, -0.1) is 0 Å². The second-order valence-electron chi connectivity index (χ2n) is 5.59. The third-order valence-electron chi connectivity index (χ3n) is 3.52. The normalized spacial score (nSPS) is 10.5. The summed E-state index contributed by atoms with van der Waals surface area (Å²) in [7, 11) is 0. The monoisotopic (exact) mass is 363 g/mol. The molecule has 2 N–H and O–H groups in total. The van der Waals surface area contributed by atoms with Gasteiger partial charge in [-0.25, -0.2) is 0 Å². The lowest BCUT2D eigenvalue weighted by molar-refractivity contribution is -0.135. The molecule has 134 valence electrons. The highest BCUT2D eigenvalue weighted by Crippen LogP contribution is 2.34. The van der Waals surface area contributed by atoms with Gasteiger partial charge >= 0.3 is 5.97 Å². The first-order valence-electron chi connectivity index (χ1n) is 8.05. The fourth-order valence-corrected chi connectivity index (χ4v) is 2.46. The molecular formula is C19H22ClNO4. The summed E-state index contributed by atoms with van der Waals surface area (Å²) in [5.41, 5.74) is 3.01. The summed E-state index contributed by atoms with van der Waals surface area (Å²) in [5, 5.41) is 12.0. The molecule has 25 heavy (non-hydrogen) atoms. The second kappa shape index (κ2) is 9.30. The van der Waals surface area contributed by atoms with E-state index in [1.54, 1.807) is 12.1 Å². The van der Waals surface area contributed by atoms with E-state index >= 15 is 0 Å². The predicted octanol–water partition coefficient (Wildman–Crippen LogP) is 3.80. The van der Waals surface area contributed by atoms with Crippen molar-refractivity contribution in [2.75, 3.05) is 13.2 Å². The number of aryl methyl sites for hydroxylation is 1. The summed E-state index contributed by atoms with van der Waals surface area (Å²) in [6.07, 6.45) is 0. The number of hydrogen-bond acceptors (Lipinski definition) is 4. The van der Waals surface area contributed by atoms with Crippen LogP contribution in [0.15, 0.2) is 36.4 Å². The number of hydrogen-bond donors (Lipinski definition) is 2. The van der Waals surface area contributed by atoms with Crippen LogP contribution < -0.4 is 14.8 Å². The molecule has 0 spiro atoms. The van der Waals surface area contributed by atoms with Crippen molar-refractivity contribution in [2.45, 2.75) is 27.0 Å². The summed E-state index contributed by atoms with van der Waals surface area (Å²) in [5.74, 6) is 0.236. The van der Waals surface area contributed by atoms with E-state index in [-0.39, 0.29) is 6.54 Å². The van der Waals surface area contributed by atoms with Crippen LogP contribution in [0.4, 0.5) is 0 Å². The highest BCUT2D eigenvalue weighted by molar-refractivity contribution is 6.31. The molecule has 0 atom stereocenters. The lowest BCUT2D eigenvalue weighted by Gasteiger charge is -2.15. The summed E-state index contributed by atoms with van der Waals surface area (Å²) in [6.45, 7) is 5.03. The van der Waals surface area contributed by atoms with Crippen LogP contribution in [0.1, 0.15) is 23.6 Å². The topological polar surface area (TPSA) is 67.8 Å². The molecule has 0 fully saturated rings. The lowest BCUT2D eigenvalue weighted by atomic mass is 10.1. The van der Waals surface area contributed by atoms with Crippen LogP contribution in [0.3, 0.4) is 0 Å². The van der Waals surface area contributed by atoms with Crippen LogP contribution in [-0.4, -0.2) is 24.2 Å². The molecule has 0 aromatic heterocycles. The minimum Gasteiger partial charge on any atom is -0.490 e. The molecule has 2 aromatic rings. The Morgan fingerprint density at radius 2 is 1.84 bits per heavy atom. The fraction of sp³-hybridized carbons (Fsp3) is 0.316. The van der Waals surface area contributed by atoms with Crippen molar-refractivity contribution in [3.8, 4) is 11.5 Å². The molecule has 2 rings (SSSR count). The summed E-state index contributed by atoms with van der Waals surface area (Å²) < 4.78 is 11.5. The van der Waals surface area contributed by atoms with Gasteiger partial charge in [0.05, 0.1) is 13.2 Å². The van der Waals surface area contributed by atoms with E-state index in [9.17, 15) is 4.79 Å². The van der Waals surface area contributed by atoms with E-state index in [1.807, 2.05) is 38.1 Å².